The average Bonchev–Trinajstić information content (AvgIpc) is 3.18. The first-order valence-electron chi connectivity index (χ1n) is 10.1. The van der Waals surface area contributed by atoms with E-state index in [-0.39, 0.29) is 35.3 Å². The number of amides is 1. The first kappa shape index (κ1) is 25.4. The molecule has 1 aromatic heterocycles. The van der Waals surface area contributed by atoms with E-state index in [9.17, 15) is 4.79 Å². The minimum atomic E-state index is -0.180. The Balaban J connectivity index is 0.00000341. The summed E-state index contributed by atoms with van der Waals surface area (Å²) in [5.41, 5.74) is 0.753. The van der Waals surface area contributed by atoms with Crippen molar-refractivity contribution in [3.05, 3.63) is 46.6 Å². The number of carbonyl (C=O) groups is 1. The van der Waals surface area contributed by atoms with Gasteiger partial charge in [-0.25, -0.2) is 0 Å². The molecule has 1 saturated heterocycles. The molecule has 10 heteroatoms. The van der Waals surface area contributed by atoms with Crippen molar-refractivity contribution in [2.75, 3.05) is 33.2 Å². The second kappa shape index (κ2) is 11.1. The van der Waals surface area contributed by atoms with Gasteiger partial charge in [0.2, 0.25) is 11.8 Å². The molecule has 0 spiro atoms. The van der Waals surface area contributed by atoms with E-state index < -0.39 is 0 Å². The van der Waals surface area contributed by atoms with Crippen molar-refractivity contribution < 1.29 is 9.32 Å². The fraction of sp³-hybridized carbons (Fsp3) is 0.524. The lowest BCUT2D eigenvalue weighted by Gasteiger charge is -2.36. The molecule has 0 bridgehead atoms. The van der Waals surface area contributed by atoms with Gasteiger partial charge in [-0.05, 0) is 17.7 Å². The second-order valence-corrected chi connectivity index (χ2v) is 8.78. The summed E-state index contributed by atoms with van der Waals surface area (Å²) >= 11 is 6.01. The lowest BCUT2D eigenvalue weighted by molar-refractivity contribution is -0.131. The Morgan fingerprint density at radius 2 is 1.90 bits per heavy atom. The SMILES string of the molecule is CN=C(NCc1noc(C(C)(C)C)n1)N1CCN(C(=O)Cc2cccc(Cl)c2)CC1.I. The van der Waals surface area contributed by atoms with Gasteiger partial charge in [-0.2, -0.15) is 4.98 Å². The summed E-state index contributed by atoms with van der Waals surface area (Å²) in [6, 6.07) is 7.44. The predicted molar refractivity (Wildman–Crippen MR) is 132 cm³/mol. The molecular weight excluding hydrogens is 531 g/mol. The zero-order valence-electron chi connectivity index (χ0n) is 18.4. The highest BCUT2D eigenvalue weighted by Gasteiger charge is 2.24. The van der Waals surface area contributed by atoms with E-state index >= 15 is 0 Å². The van der Waals surface area contributed by atoms with Crippen molar-refractivity contribution in [1.29, 1.82) is 0 Å². The summed E-state index contributed by atoms with van der Waals surface area (Å²) < 4.78 is 5.33. The Hall–Kier alpha value is -1.88. The maximum Gasteiger partial charge on any atom is 0.232 e. The van der Waals surface area contributed by atoms with Crippen molar-refractivity contribution in [1.82, 2.24) is 25.3 Å². The van der Waals surface area contributed by atoms with Crippen LogP contribution in [0.15, 0.2) is 33.8 Å². The Labute approximate surface area is 205 Å². The van der Waals surface area contributed by atoms with E-state index in [4.69, 9.17) is 16.1 Å². The summed E-state index contributed by atoms with van der Waals surface area (Å²) in [4.78, 5) is 25.4. The van der Waals surface area contributed by atoms with Crippen LogP contribution in [0.4, 0.5) is 0 Å². The molecule has 0 aliphatic carbocycles. The van der Waals surface area contributed by atoms with Crippen LogP contribution in [-0.2, 0) is 23.2 Å². The first-order valence-corrected chi connectivity index (χ1v) is 10.4. The van der Waals surface area contributed by atoms with Crippen LogP contribution in [0, 0.1) is 0 Å². The van der Waals surface area contributed by atoms with E-state index in [0.29, 0.717) is 55.9 Å². The summed E-state index contributed by atoms with van der Waals surface area (Å²) in [5.74, 6) is 2.08. The van der Waals surface area contributed by atoms with E-state index in [0.717, 1.165) is 11.5 Å². The number of benzene rings is 1. The molecular formula is C21H30ClIN6O2. The van der Waals surface area contributed by atoms with Crippen LogP contribution in [-0.4, -0.2) is 65.0 Å². The molecule has 0 atom stereocenters. The second-order valence-electron chi connectivity index (χ2n) is 8.34. The summed E-state index contributed by atoms with van der Waals surface area (Å²) in [7, 11) is 1.75. The molecule has 31 heavy (non-hydrogen) atoms. The third-order valence-electron chi connectivity index (χ3n) is 4.90. The van der Waals surface area contributed by atoms with Gasteiger partial charge < -0.3 is 19.6 Å². The number of aliphatic imine (C=N–C) groups is 1. The van der Waals surface area contributed by atoms with Crippen molar-refractivity contribution in [3.8, 4) is 0 Å². The van der Waals surface area contributed by atoms with Crippen molar-refractivity contribution in [3.63, 3.8) is 0 Å². The smallest absolute Gasteiger partial charge is 0.232 e. The normalized spacial score (nSPS) is 14.9. The minimum absolute atomic E-state index is 0. The Kier molecular flexibility index (Phi) is 9.11. The van der Waals surface area contributed by atoms with Crippen LogP contribution >= 0.6 is 35.6 Å². The largest absolute Gasteiger partial charge is 0.349 e. The molecule has 0 radical (unpaired) electrons. The molecule has 2 heterocycles. The number of nitrogens with zero attached hydrogens (tertiary/aromatic N) is 5. The molecule has 0 unspecified atom stereocenters. The van der Waals surface area contributed by atoms with Gasteiger partial charge in [0.15, 0.2) is 11.8 Å². The highest BCUT2D eigenvalue weighted by Crippen LogP contribution is 2.19. The summed E-state index contributed by atoms with van der Waals surface area (Å²) in [5, 5.41) is 7.96. The third kappa shape index (κ3) is 7.06. The molecule has 3 rings (SSSR count). The van der Waals surface area contributed by atoms with E-state index in [2.05, 4.69) is 25.3 Å². The minimum Gasteiger partial charge on any atom is -0.349 e. The average molecular weight is 561 g/mol. The lowest BCUT2D eigenvalue weighted by atomic mass is 9.97. The molecule has 2 aromatic rings. The van der Waals surface area contributed by atoms with Crippen LogP contribution in [0.5, 0.6) is 0 Å². The molecule has 170 valence electrons. The number of aromatic nitrogens is 2. The number of rotatable bonds is 4. The highest BCUT2D eigenvalue weighted by atomic mass is 127. The van der Waals surface area contributed by atoms with Gasteiger partial charge in [0.25, 0.3) is 0 Å². The van der Waals surface area contributed by atoms with Gasteiger partial charge in [-0.1, -0.05) is 49.7 Å². The molecule has 1 aromatic carbocycles. The number of nitrogens with one attached hydrogen (secondary N) is 1. The number of carbonyl (C=O) groups excluding carboxylic acids is 1. The van der Waals surface area contributed by atoms with Crippen molar-refractivity contribution in [2.45, 2.75) is 39.2 Å². The molecule has 1 amide bonds. The van der Waals surface area contributed by atoms with Gasteiger partial charge >= 0.3 is 0 Å². The van der Waals surface area contributed by atoms with E-state index in [1.807, 2.05) is 49.9 Å². The number of hydrogen-bond donors (Lipinski definition) is 1. The maximum atomic E-state index is 12.6. The Morgan fingerprint density at radius 1 is 1.23 bits per heavy atom. The van der Waals surface area contributed by atoms with E-state index in [1.165, 1.54) is 0 Å². The molecule has 1 fully saturated rings. The van der Waals surface area contributed by atoms with Gasteiger partial charge in [0.05, 0.1) is 13.0 Å². The maximum absolute atomic E-state index is 12.6. The third-order valence-corrected chi connectivity index (χ3v) is 5.14. The molecule has 8 nitrogen and oxygen atoms in total. The van der Waals surface area contributed by atoms with Gasteiger partial charge in [-0.3, -0.25) is 9.79 Å². The van der Waals surface area contributed by atoms with E-state index in [1.54, 1.807) is 7.05 Å². The van der Waals surface area contributed by atoms with Crippen LogP contribution < -0.4 is 5.32 Å². The number of halogens is 2. The van der Waals surface area contributed by atoms with Crippen LogP contribution in [0.3, 0.4) is 0 Å². The molecule has 1 N–H and O–H groups in total. The summed E-state index contributed by atoms with van der Waals surface area (Å²) in [6.07, 6.45) is 0.363. The fourth-order valence-electron chi connectivity index (χ4n) is 3.22. The fourth-order valence-corrected chi connectivity index (χ4v) is 3.43. The van der Waals surface area contributed by atoms with Crippen LogP contribution in [0.2, 0.25) is 5.02 Å². The Morgan fingerprint density at radius 3 is 2.48 bits per heavy atom. The Bertz CT molecular complexity index is 903. The van der Waals surface area contributed by atoms with Gasteiger partial charge in [0.1, 0.15) is 0 Å². The lowest BCUT2D eigenvalue weighted by Crippen LogP contribution is -2.53. The van der Waals surface area contributed by atoms with Gasteiger partial charge in [0, 0.05) is 43.7 Å². The highest BCUT2D eigenvalue weighted by molar-refractivity contribution is 14.0. The first-order chi connectivity index (χ1) is 14.3. The quantitative estimate of drug-likeness (QED) is 0.351. The summed E-state index contributed by atoms with van der Waals surface area (Å²) in [6.45, 7) is 9.24. The monoisotopic (exact) mass is 560 g/mol. The predicted octanol–water partition coefficient (Wildman–Crippen LogP) is 3.10. The van der Waals surface area contributed by atoms with Crippen molar-refractivity contribution >= 4 is 47.4 Å². The standard InChI is InChI=1S/C21H29ClN6O2.HI/c1-21(2,3)19-25-17(26-30-19)14-24-20(23-4)28-10-8-27(9-11-28)18(29)13-15-6-5-7-16(22)12-15;/h5-7,12H,8-11,13-14H2,1-4H3,(H,23,24);1H. The number of guanidine groups is 1. The topological polar surface area (TPSA) is 86.9 Å². The number of hydrogen-bond acceptors (Lipinski definition) is 5. The van der Waals surface area contributed by atoms with Crippen LogP contribution in [0.25, 0.3) is 0 Å². The van der Waals surface area contributed by atoms with Crippen LogP contribution in [0.1, 0.15) is 38.0 Å². The molecule has 0 saturated carbocycles. The zero-order chi connectivity index (χ0) is 21.7. The van der Waals surface area contributed by atoms with Gasteiger partial charge in [-0.15, -0.1) is 24.0 Å². The van der Waals surface area contributed by atoms with Crippen molar-refractivity contribution in [2.24, 2.45) is 4.99 Å². The zero-order valence-corrected chi connectivity index (χ0v) is 21.5. The molecule has 1 aliphatic rings. The number of piperazine rings is 1. The molecule has 1 aliphatic heterocycles.